The number of allylic oxidation sites excluding steroid dienone is 1. The highest BCUT2D eigenvalue weighted by Gasteiger charge is 2.23. The lowest BCUT2D eigenvalue weighted by Gasteiger charge is -2.14. The van der Waals surface area contributed by atoms with Crippen LogP contribution in [0.25, 0.3) is 16.3 Å². The van der Waals surface area contributed by atoms with Gasteiger partial charge in [-0.3, -0.25) is 4.55 Å². The largest absolute Gasteiger partial charge is 0.338 e. The molecule has 0 amide bonds. The van der Waals surface area contributed by atoms with Crippen molar-refractivity contribution in [2.24, 2.45) is 0 Å². The fourth-order valence-electron chi connectivity index (χ4n) is 3.70. The summed E-state index contributed by atoms with van der Waals surface area (Å²) >= 11 is 11.4. The Morgan fingerprint density at radius 1 is 1.24 bits per heavy atom. The number of anilines is 1. The molecule has 0 radical (unpaired) electrons. The van der Waals surface area contributed by atoms with E-state index in [9.17, 15) is 8.42 Å². The van der Waals surface area contributed by atoms with Crippen LogP contribution in [0, 0.1) is 0 Å². The van der Waals surface area contributed by atoms with E-state index >= 15 is 0 Å². The molecule has 1 aromatic heterocycles. The van der Waals surface area contributed by atoms with Gasteiger partial charge in [0.25, 0.3) is 15.1 Å². The fourth-order valence-corrected chi connectivity index (χ4v) is 7.82. The minimum atomic E-state index is -3.92. The van der Waals surface area contributed by atoms with Crippen LogP contribution in [-0.2, 0) is 16.7 Å². The second-order valence-corrected chi connectivity index (χ2v) is 13.1. The van der Waals surface area contributed by atoms with Crippen LogP contribution in [0.1, 0.15) is 24.8 Å². The molecule has 2 heterocycles. The quantitative estimate of drug-likeness (QED) is 0.181. The molecule has 1 N–H and O–H groups in total. The minimum Gasteiger partial charge on any atom is -0.338 e. The van der Waals surface area contributed by atoms with Gasteiger partial charge >= 0.3 is 0 Å². The van der Waals surface area contributed by atoms with Crippen molar-refractivity contribution >= 4 is 78.6 Å². The summed E-state index contributed by atoms with van der Waals surface area (Å²) in [4.78, 5) is 4.42. The average molecular weight is 554 g/mol. The van der Waals surface area contributed by atoms with E-state index in [1.165, 1.54) is 20.1 Å². The predicted octanol–water partition coefficient (Wildman–Crippen LogP) is 6.69. The van der Waals surface area contributed by atoms with Crippen molar-refractivity contribution in [2.45, 2.75) is 31.2 Å². The number of benzene rings is 2. The van der Waals surface area contributed by atoms with Crippen molar-refractivity contribution in [1.29, 1.82) is 0 Å². The molecule has 1 aliphatic heterocycles. The van der Waals surface area contributed by atoms with E-state index in [0.717, 1.165) is 27.9 Å². The first-order valence-corrected chi connectivity index (χ1v) is 15.5. The Morgan fingerprint density at radius 2 is 2.03 bits per heavy atom. The maximum Gasteiger partial charge on any atom is 0.264 e. The Labute approximate surface area is 218 Å². The Hall–Kier alpha value is -1.49. The van der Waals surface area contributed by atoms with E-state index in [2.05, 4.69) is 52.8 Å². The van der Waals surface area contributed by atoms with Crippen LogP contribution in [0.3, 0.4) is 0 Å². The minimum absolute atomic E-state index is 0.200. The van der Waals surface area contributed by atoms with E-state index in [0.29, 0.717) is 17.9 Å². The number of hydrogen-bond acceptors (Lipinski definition) is 6. The highest BCUT2D eigenvalue weighted by molar-refractivity contribution is 8.04. The van der Waals surface area contributed by atoms with E-state index in [-0.39, 0.29) is 5.75 Å². The molecular weight excluding hydrogens is 528 g/mol. The van der Waals surface area contributed by atoms with E-state index in [1.807, 2.05) is 25.2 Å². The van der Waals surface area contributed by atoms with Crippen LogP contribution >= 0.6 is 46.5 Å². The zero-order chi connectivity index (χ0) is 24.3. The number of fused-ring (bicyclic) bond motifs is 2. The molecule has 0 unspecified atom stereocenters. The van der Waals surface area contributed by atoms with Crippen LogP contribution in [0.5, 0.6) is 0 Å². The van der Waals surface area contributed by atoms with Gasteiger partial charge in [-0.1, -0.05) is 46.8 Å². The summed E-state index contributed by atoms with van der Waals surface area (Å²) in [6.07, 6.45) is 5.55. The second kappa shape index (κ2) is 11.1. The number of hydrogen-bond donors (Lipinski definition) is 1. The van der Waals surface area contributed by atoms with Crippen molar-refractivity contribution in [1.82, 2.24) is 0 Å². The number of aryl methyl sites for hydroxylation is 1. The normalized spacial score (nSPS) is 15.5. The van der Waals surface area contributed by atoms with Crippen molar-refractivity contribution in [2.75, 3.05) is 23.5 Å². The predicted molar refractivity (Wildman–Crippen MR) is 148 cm³/mol. The topological polar surface area (TPSA) is 61.5 Å². The van der Waals surface area contributed by atoms with E-state index in [1.54, 1.807) is 34.9 Å². The first-order chi connectivity index (χ1) is 16.2. The number of unbranched alkanes of at least 4 members (excludes halogenated alkanes) is 1. The summed E-state index contributed by atoms with van der Waals surface area (Å²) in [5, 5.41) is 3.00. The van der Waals surface area contributed by atoms with Gasteiger partial charge in [0.05, 0.1) is 16.5 Å². The Bertz CT molecular complexity index is 1370. The number of halogens is 1. The van der Waals surface area contributed by atoms with Crippen LogP contribution in [0.4, 0.5) is 5.69 Å². The van der Waals surface area contributed by atoms with Gasteiger partial charge in [0.2, 0.25) is 5.52 Å². The van der Waals surface area contributed by atoms with Gasteiger partial charge in [0, 0.05) is 34.0 Å². The highest BCUT2D eigenvalue weighted by atomic mass is 35.5. The third kappa shape index (κ3) is 6.19. The molecule has 4 rings (SSSR count). The average Bonchev–Trinajstić information content (AvgIpc) is 3.29. The molecule has 180 valence electrons. The molecule has 5 nitrogen and oxygen atoms in total. The van der Waals surface area contributed by atoms with Crippen molar-refractivity contribution in [3.8, 4) is 0 Å². The summed E-state index contributed by atoms with van der Waals surface area (Å²) in [5.41, 5.74) is 2.31. The number of rotatable bonds is 9. The number of nitrogens with zero attached hydrogens (tertiary/aromatic N) is 2. The van der Waals surface area contributed by atoms with Gasteiger partial charge in [-0.15, -0.1) is 11.8 Å². The molecule has 0 atom stereocenters. The maximum atomic E-state index is 11.0. The summed E-state index contributed by atoms with van der Waals surface area (Å²) in [7, 11) is -1.87. The van der Waals surface area contributed by atoms with Gasteiger partial charge in [-0.05, 0) is 55.9 Å². The van der Waals surface area contributed by atoms with Crippen LogP contribution in [-0.4, -0.2) is 31.5 Å². The van der Waals surface area contributed by atoms with E-state index < -0.39 is 10.1 Å². The molecule has 0 aliphatic carbocycles. The highest BCUT2D eigenvalue weighted by Crippen LogP contribution is 2.47. The van der Waals surface area contributed by atoms with Gasteiger partial charge in [0.1, 0.15) is 11.2 Å². The van der Waals surface area contributed by atoms with Crippen molar-refractivity contribution in [3.63, 3.8) is 0 Å². The zero-order valence-corrected chi connectivity index (χ0v) is 22.9. The summed E-state index contributed by atoms with van der Waals surface area (Å²) in [6, 6.07) is 14.3. The standard InChI is InChI=1S/C24H25ClN2O3S4/c1-3-27-19-8-4-5-9-21(19)33-24(27)16-18(31-12-6-7-13-34(28,29)30)15-23-26(2)20-14-17(25)10-11-22(20)32-23/h4-5,8-11,14-16H,3,6-7,12-13H2,1-2H3/p+1. The molecular formula is C24H26ClN2O3S4+. The van der Waals surface area contributed by atoms with Crippen molar-refractivity contribution in [3.05, 3.63) is 68.5 Å². The first-order valence-electron chi connectivity index (χ1n) is 10.9. The number of para-hydroxylation sites is 1. The summed E-state index contributed by atoms with van der Waals surface area (Å²) < 4.78 is 34.6. The molecule has 0 fully saturated rings. The first kappa shape index (κ1) is 25.6. The van der Waals surface area contributed by atoms with Gasteiger partial charge < -0.3 is 4.90 Å². The molecule has 0 bridgehead atoms. The number of thiazole rings is 1. The molecule has 2 aromatic carbocycles. The maximum absolute atomic E-state index is 11.0. The Kier molecular flexibility index (Phi) is 8.32. The van der Waals surface area contributed by atoms with Gasteiger partial charge in [-0.25, -0.2) is 0 Å². The molecule has 3 aromatic rings. The molecule has 10 heteroatoms. The Morgan fingerprint density at radius 3 is 2.79 bits per heavy atom. The fraction of sp³-hybridized carbons (Fsp3) is 0.292. The van der Waals surface area contributed by atoms with Crippen LogP contribution in [0.15, 0.2) is 63.4 Å². The Balaban J connectivity index is 1.63. The third-order valence-corrected chi connectivity index (χ3v) is 9.76. The molecule has 1 aliphatic rings. The lowest BCUT2D eigenvalue weighted by molar-refractivity contribution is -0.665. The lowest BCUT2D eigenvalue weighted by Crippen LogP contribution is -2.33. The van der Waals surface area contributed by atoms with Crippen molar-refractivity contribution < 1.29 is 17.5 Å². The van der Waals surface area contributed by atoms with Crippen LogP contribution in [0.2, 0.25) is 5.02 Å². The zero-order valence-electron chi connectivity index (χ0n) is 18.9. The summed E-state index contributed by atoms with van der Waals surface area (Å²) in [5.74, 6) is 0.559. The van der Waals surface area contributed by atoms with Gasteiger partial charge in [-0.2, -0.15) is 13.0 Å². The van der Waals surface area contributed by atoms with E-state index in [4.69, 9.17) is 16.2 Å². The van der Waals surface area contributed by atoms with Crippen LogP contribution < -0.4 is 9.47 Å². The molecule has 0 saturated carbocycles. The second-order valence-electron chi connectivity index (χ2n) is 7.80. The number of aromatic nitrogens is 1. The number of thioether (sulfide) groups is 2. The molecule has 0 saturated heterocycles. The summed E-state index contributed by atoms with van der Waals surface area (Å²) in [6.45, 7) is 3.02. The lowest BCUT2D eigenvalue weighted by atomic mass is 10.3. The third-order valence-electron chi connectivity index (χ3n) is 5.38. The SMILES string of the molecule is CC[n+]1c(/C=C(\C=C2\Sc3ccc(Cl)cc3N2C)SCCCCS(=O)(=O)O)sc2ccccc21. The molecule has 34 heavy (non-hydrogen) atoms. The molecule has 0 spiro atoms. The van der Waals surface area contributed by atoms with Gasteiger partial charge in [0.15, 0.2) is 0 Å². The smallest absolute Gasteiger partial charge is 0.264 e. The monoisotopic (exact) mass is 553 g/mol.